The second-order valence-electron chi connectivity index (χ2n) is 9.15. The summed E-state index contributed by atoms with van der Waals surface area (Å²) in [6.45, 7) is 20.8. The second-order valence-corrected chi connectivity index (χ2v) is 9.15. The molecule has 0 spiro atoms. The van der Waals surface area contributed by atoms with Crippen molar-refractivity contribution in [3.05, 3.63) is 0 Å². The zero-order valence-electron chi connectivity index (χ0n) is 17.2. The van der Waals surface area contributed by atoms with E-state index in [9.17, 15) is 0 Å². The molecular formula is C21H40N2. The van der Waals surface area contributed by atoms with Crippen LogP contribution in [0.4, 0.5) is 0 Å². The van der Waals surface area contributed by atoms with Crippen molar-refractivity contribution in [3.8, 4) is 0 Å². The Bertz CT molecular complexity index is 441. The van der Waals surface area contributed by atoms with Crippen molar-refractivity contribution < 1.29 is 0 Å². The fourth-order valence-corrected chi connectivity index (χ4v) is 3.50. The van der Waals surface area contributed by atoms with Crippen molar-refractivity contribution in [2.75, 3.05) is 0 Å². The number of nitrogens with zero attached hydrogens (tertiary/aromatic N) is 2. The van der Waals surface area contributed by atoms with Crippen LogP contribution in [-0.4, -0.2) is 17.6 Å². The van der Waals surface area contributed by atoms with Crippen LogP contribution < -0.4 is 0 Å². The Morgan fingerprint density at radius 3 is 2.04 bits per heavy atom. The van der Waals surface area contributed by atoms with Gasteiger partial charge in [-0.3, -0.25) is 4.99 Å². The minimum Gasteiger partial charge on any atom is -0.260 e. The first-order valence-electron chi connectivity index (χ1n) is 9.73. The summed E-state index contributed by atoms with van der Waals surface area (Å²) in [5, 5.41) is 0. The van der Waals surface area contributed by atoms with E-state index >= 15 is 0 Å². The minimum atomic E-state index is 0.0896. The van der Waals surface area contributed by atoms with E-state index in [4.69, 9.17) is 9.98 Å². The average Bonchev–Trinajstić information content (AvgIpc) is 2.91. The molecule has 2 atom stereocenters. The van der Waals surface area contributed by atoms with E-state index in [2.05, 4.69) is 62.3 Å². The molecule has 134 valence electrons. The molecule has 1 aliphatic heterocycles. The van der Waals surface area contributed by atoms with E-state index in [0.29, 0.717) is 11.8 Å². The molecule has 23 heavy (non-hydrogen) atoms. The topological polar surface area (TPSA) is 24.7 Å². The molecule has 2 unspecified atom stereocenters. The van der Waals surface area contributed by atoms with E-state index in [0.717, 1.165) is 12.3 Å². The first-order valence-corrected chi connectivity index (χ1v) is 9.73. The van der Waals surface area contributed by atoms with Gasteiger partial charge in [-0.25, -0.2) is 4.99 Å². The zero-order valence-corrected chi connectivity index (χ0v) is 17.2. The van der Waals surface area contributed by atoms with Crippen LogP contribution in [0.25, 0.3) is 0 Å². The van der Waals surface area contributed by atoms with Gasteiger partial charge in [-0.1, -0.05) is 81.6 Å². The van der Waals surface area contributed by atoms with E-state index in [1.165, 1.54) is 31.4 Å². The van der Waals surface area contributed by atoms with Gasteiger partial charge in [0.05, 0.1) is 6.04 Å². The molecular weight excluding hydrogens is 280 g/mol. The lowest BCUT2D eigenvalue weighted by molar-refractivity contribution is 0.296. The Kier molecular flexibility index (Phi) is 7.04. The molecule has 0 aliphatic carbocycles. The smallest absolute Gasteiger partial charge is 0.129 e. The van der Waals surface area contributed by atoms with Gasteiger partial charge in [0.1, 0.15) is 5.84 Å². The van der Waals surface area contributed by atoms with Crippen LogP contribution in [-0.2, 0) is 0 Å². The molecule has 1 aliphatic rings. The third-order valence-electron chi connectivity index (χ3n) is 5.63. The number of hydrogen-bond acceptors (Lipinski definition) is 2. The largest absolute Gasteiger partial charge is 0.260 e. The lowest BCUT2D eigenvalue weighted by atomic mass is 9.74. The summed E-state index contributed by atoms with van der Waals surface area (Å²) < 4.78 is 0. The monoisotopic (exact) mass is 320 g/mol. The molecule has 0 saturated carbocycles. The lowest BCUT2D eigenvalue weighted by Crippen LogP contribution is -2.38. The van der Waals surface area contributed by atoms with Gasteiger partial charge in [0, 0.05) is 11.1 Å². The third kappa shape index (κ3) is 4.90. The van der Waals surface area contributed by atoms with Gasteiger partial charge in [-0.15, -0.1) is 0 Å². The van der Waals surface area contributed by atoms with Crippen LogP contribution >= 0.6 is 0 Å². The standard InChI is InChI=1S/C21H40N2/c1-10-12-14-20(6,7)18-17(16(5)15(3)4)22-19(23-18)21(8,9)13-11-2/h15-16,18H,10-14H2,1-9H3. The maximum atomic E-state index is 5.20. The highest BCUT2D eigenvalue weighted by atomic mass is 15.1. The molecule has 2 nitrogen and oxygen atoms in total. The number of unbranched alkanes of at least 4 members (excludes halogenated alkanes) is 1. The Morgan fingerprint density at radius 1 is 0.957 bits per heavy atom. The summed E-state index contributed by atoms with van der Waals surface area (Å²) in [6, 6.07) is 0.262. The van der Waals surface area contributed by atoms with Crippen LogP contribution in [0, 0.1) is 22.7 Å². The first kappa shape index (κ1) is 20.4. The van der Waals surface area contributed by atoms with Crippen LogP contribution in [0.3, 0.4) is 0 Å². The second kappa shape index (κ2) is 7.94. The predicted molar refractivity (Wildman–Crippen MR) is 105 cm³/mol. The molecule has 1 heterocycles. The van der Waals surface area contributed by atoms with Gasteiger partial charge < -0.3 is 0 Å². The van der Waals surface area contributed by atoms with E-state index in [1.54, 1.807) is 0 Å². The lowest BCUT2D eigenvalue weighted by Gasteiger charge is -2.33. The Hall–Kier alpha value is -0.660. The molecule has 0 amide bonds. The molecule has 0 radical (unpaired) electrons. The highest BCUT2D eigenvalue weighted by Crippen LogP contribution is 2.39. The molecule has 0 fully saturated rings. The van der Waals surface area contributed by atoms with Crippen LogP contribution in [0.5, 0.6) is 0 Å². The molecule has 0 bridgehead atoms. The first-order chi connectivity index (χ1) is 10.6. The van der Waals surface area contributed by atoms with Gasteiger partial charge in [0.15, 0.2) is 0 Å². The van der Waals surface area contributed by atoms with Crippen molar-refractivity contribution in [3.63, 3.8) is 0 Å². The maximum Gasteiger partial charge on any atom is 0.129 e. The molecule has 0 aromatic heterocycles. The van der Waals surface area contributed by atoms with Gasteiger partial charge in [0.2, 0.25) is 0 Å². The number of aliphatic imine (C=N–C) groups is 2. The van der Waals surface area contributed by atoms with Crippen molar-refractivity contribution in [2.45, 2.75) is 100 Å². The summed E-state index contributed by atoms with van der Waals surface area (Å²) in [7, 11) is 0. The van der Waals surface area contributed by atoms with E-state index < -0.39 is 0 Å². The molecule has 1 rings (SSSR count). The molecule has 0 N–H and O–H groups in total. The Morgan fingerprint density at radius 2 is 1.57 bits per heavy atom. The van der Waals surface area contributed by atoms with Gasteiger partial charge >= 0.3 is 0 Å². The summed E-state index contributed by atoms with van der Waals surface area (Å²) >= 11 is 0. The van der Waals surface area contributed by atoms with E-state index in [1.807, 2.05) is 0 Å². The molecule has 0 aromatic carbocycles. The van der Waals surface area contributed by atoms with Gasteiger partial charge in [-0.05, 0) is 30.1 Å². The van der Waals surface area contributed by atoms with Crippen molar-refractivity contribution >= 4 is 11.5 Å². The fraction of sp³-hybridized carbons (Fsp3) is 0.905. The normalized spacial score (nSPS) is 20.7. The number of amidine groups is 1. The summed E-state index contributed by atoms with van der Waals surface area (Å²) in [5.41, 5.74) is 1.62. The number of rotatable bonds is 9. The van der Waals surface area contributed by atoms with Crippen LogP contribution in [0.15, 0.2) is 9.98 Å². The Labute approximate surface area is 145 Å². The number of hydrogen-bond donors (Lipinski definition) is 0. The molecule has 0 aromatic rings. The maximum absolute atomic E-state index is 5.20. The summed E-state index contributed by atoms with van der Waals surface area (Å²) in [4.78, 5) is 10.3. The fourth-order valence-electron chi connectivity index (χ4n) is 3.50. The summed E-state index contributed by atoms with van der Waals surface area (Å²) in [5.74, 6) is 2.21. The van der Waals surface area contributed by atoms with Crippen molar-refractivity contribution in [2.24, 2.45) is 32.7 Å². The highest BCUT2D eigenvalue weighted by Gasteiger charge is 2.41. The molecule has 0 saturated heterocycles. The minimum absolute atomic E-state index is 0.0896. The van der Waals surface area contributed by atoms with Gasteiger partial charge in [0.25, 0.3) is 0 Å². The quantitative estimate of drug-likeness (QED) is 0.460. The average molecular weight is 321 g/mol. The molecule has 2 heteroatoms. The SMILES string of the molecule is CCCCC(C)(C)C1N=C(C(C)(C)CCC)N=C1C(C)C(C)C. The third-order valence-corrected chi connectivity index (χ3v) is 5.63. The van der Waals surface area contributed by atoms with Crippen molar-refractivity contribution in [1.29, 1.82) is 0 Å². The summed E-state index contributed by atoms with van der Waals surface area (Å²) in [6.07, 6.45) is 6.08. The van der Waals surface area contributed by atoms with E-state index in [-0.39, 0.29) is 16.9 Å². The highest BCUT2D eigenvalue weighted by molar-refractivity contribution is 6.09. The van der Waals surface area contributed by atoms with Crippen molar-refractivity contribution in [1.82, 2.24) is 0 Å². The van der Waals surface area contributed by atoms with Crippen LogP contribution in [0.2, 0.25) is 0 Å². The van der Waals surface area contributed by atoms with Gasteiger partial charge in [-0.2, -0.15) is 0 Å². The Balaban J connectivity index is 3.18. The van der Waals surface area contributed by atoms with Crippen LogP contribution in [0.1, 0.15) is 94.4 Å². The zero-order chi connectivity index (χ0) is 17.8. The predicted octanol–water partition coefficient (Wildman–Crippen LogP) is 6.54.